The van der Waals surface area contributed by atoms with Gasteiger partial charge in [0.05, 0.1) is 10.7 Å². The summed E-state index contributed by atoms with van der Waals surface area (Å²) >= 11 is 1.72. The van der Waals surface area contributed by atoms with Crippen molar-refractivity contribution in [1.82, 2.24) is 19.7 Å². The third-order valence-electron chi connectivity index (χ3n) is 6.19. The van der Waals surface area contributed by atoms with Crippen LogP contribution >= 0.6 is 11.3 Å². The summed E-state index contributed by atoms with van der Waals surface area (Å²) in [6, 6.07) is 5.65. The van der Waals surface area contributed by atoms with E-state index >= 15 is 0 Å². The second kappa shape index (κ2) is 9.87. The monoisotopic (exact) mass is 444 g/mol. The van der Waals surface area contributed by atoms with Gasteiger partial charge in [0.15, 0.2) is 0 Å². The number of likely N-dealkylation sites (tertiary alicyclic amines) is 1. The first-order valence-corrected chi connectivity index (χ1v) is 11.9. The highest BCUT2D eigenvalue weighted by atomic mass is 32.1. The zero-order chi connectivity index (χ0) is 21.8. The SMILES string of the molecule is CCc1nc(CN2CCN(C(=O)C3CCN(C(=O)c4ccc(F)cc4)CC3)CC2)cs1. The molecule has 6 nitrogen and oxygen atoms in total. The maximum absolute atomic E-state index is 13.1. The Bertz CT molecular complexity index is 901. The Kier molecular flexibility index (Phi) is 6.97. The molecular formula is C23H29FN4O2S. The van der Waals surface area contributed by atoms with E-state index < -0.39 is 0 Å². The van der Waals surface area contributed by atoms with Crippen LogP contribution in [0.15, 0.2) is 29.6 Å². The molecule has 0 spiro atoms. The molecule has 1 aromatic heterocycles. The quantitative estimate of drug-likeness (QED) is 0.711. The number of nitrogens with zero attached hydrogens (tertiary/aromatic N) is 4. The minimum absolute atomic E-state index is 0.0190. The van der Waals surface area contributed by atoms with Crippen LogP contribution in [0.1, 0.15) is 40.8 Å². The van der Waals surface area contributed by atoms with E-state index in [0.717, 1.165) is 44.8 Å². The van der Waals surface area contributed by atoms with E-state index in [1.807, 2.05) is 4.90 Å². The summed E-state index contributed by atoms with van der Waals surface area (Å²) in [6.45, 7) is 7.33. The minimum Gasteiger partial charge on any atom is -0.340 e. The summed E-state index contributed by atoms with van der Waals surface area (Å²) < 4.78 is 13.1. The predicted octanol–water partition coefficient (Wildman–Crippen LogP) is 3.04. The fourth-order valence-electron chi connectivity index (χ4n) is 4.30. The van der Waals surface area contributed by atoms with Gasteiger partial charge in [0.1, 0.15) is 5.82 Å². The fraction of sp³-hybridized carbons (Fsp3) is 0.522. The third kappa shape index (κ3) is 5.30. The lowest BCUT2D eigenvalue weighted by atomic mass is 9.94. The van der Waals surface area contributed by atoms with Crippen molar-refractivity contribution in [2.75, 3.05) is 39.3 Å². The van der Waals surface area contributed by atoms with Crippen LogP contribution in [0.2, 0.25) is 0 Å². The molecule has 4 rings (SSSR count). The summed E-state index contributed by atoms with van der Waals surface area (Å²) in [5, 5.41) is 3.31. The van der Waals surface area contributed by atoms with Gasteiger partial charge in [-0.25, -0.2) is 9.37 Å². The van der Waals surface area contributed by atoms with Crippen LogP contribution in [0.5, 0.6) is 0 Å². The number of benzene rings is 1. The lowest BCUT2D eigenvalue weighted by Gasteiger charge is -2.38. The largest absolute Gasteiger partial charge is 0.340 e. The number of aromatic nitrogens is 1. The zero-order valence-electron chi connectivity index (χ0n) is 17.9. The number of aryl methyl sites for hydroxylation is 1. The van der Waals surface area contributed by atoms with Crippen molar-refractivity contribution in [3.05, 3.63) is 51.7 Å². The Balaban J connectivity index is 1.23. The number of piperazine rings is 1. The van der Waals surface area contributed by atoms with Crippen LogP contribution in [0.3, 0.4) is 0 Å². The number of piperidine rings is 1. The van der Waals surface area contributed by atoms with Gasteiger partial charge in [0.2, 0.25) is 5.91 Å². The fourth-order valence-corrected chi connectivity index (χ4v) is 5.04. The Morgan fingerprint density at radius 3 is 2.32 bits per heavy atom. The second-order valence-electron chi connectivity index (χ2n) is 8.26. The van der Waals surface area contributed by atoms with Crippen LogP contribution in [0.4, 0.5) is 4.39 Å². The van der Waals surface area contributed by atoms with Gasteiger partial charge in [0.25, 0.3) is 5.91 Å². The molecule has 2 aliphatic heterocycles. The molecule has 0 saturated carbocycles. The number of hydrogen-bond donors (Lipinski definition) is 0. The molecule has 2 aromatic rings. The average Bonchev–Trinajstić information content (AvgIpc) is 3.27. The molecule has 3 heterocycles. The summed E-state index contributed by atoms with van der Waals surface area (Å²) in [4.78, 5) is 36.4. The van der Waals surface area contributed by atoms with Crippen molar-refractivity contribution in [1.29, 1.82) is 0 Å². The van der Waals surface area contributed by atoms with Crippen molar-refractivity contribution >= 4 is 23.2 Å². The summed E-state index contributed by atoms with van der Waals surface area (Å²) in [7, 11) is 0. The van der Waals surface area contributed by atoms with Crippen molar-refractivity contribution in [2.45, 2.75) is 32.7 Å². The van der Waals surface area contributed by atoms with E-state index in [4.69, 9.17) is 0 Å². The minimum atomic E-state index is -0.349. The van der Waals surface area contributed by atoms with Gasteiger partial charge in [0, 0.05) is 62.7 Å². The number of carbonyl (C=O) groups is 2. The van der Waals surface area contributed by atoms with E-state index in [1.54, 1.807) is 16.2 Å². The van der Waals surface area contributed by atoms with E-state index in [-0.39, 0.29) is 23.5 Å². The Labute approximate surface area is 186 Å². The third-order valence-corrected chi connectivity index (χ3v) is 7.24. The highest BCUT2D eigenvalue weighted by Crippen LogP contribution is 2.22. The van der Waals surface area contributed by atoms with E-state index in [0.29, 0.717) is 31.5 Å². The summed E-state index contributed by atoms with van der Waals surface area (Å²) in [6.07, 6.45) is 2.34. The van der Waals surface area contributed by atoms with Crippen molar-refractivity contribution in [2.24, 2.45) is 5.92 Å². The molecule has 2 saturated heterocycles. The second-order valence-corrected chi connectivity index (χ2v) is 9.20. The topological polar surface area (TPSA) is 56.8 Å². The lowest BCUT2D eigenvalue weighted by molar-refractivity contribution is -0.138. The van der Waals surface area contributed by atoms with Gasteiger partial charge in [-0.05, 0) is 43.5 Å². The maximum atomic E-state index is 13.1. The van der Waals surface area contributed by atoms with Crippen molar-refractivity contribution in [3.63, 3.8) is 0 Å². The number of thiazole rings is 1. The summed E-state index contributed by atoms with van der Waals surface area (Å²) in [5.41, 5.74) is 1.62. The zero-order valence-corrected chi connectivity index (χ0v) is 18.7. The van der Waals surface area contributed by atoms with Crippen LogP contribution in [-0.4, -0.2) is 70.8 Å². The van der Waals surface area contributed by atoms with Crippen LogP contribution in [0, 0.1) is 11.7 Å². The molecule has 2 fully saturated rings. The highest BCUT2D eigenvalue weighted by Gasteiger charge is 2.32. The predicted molar refractivity (Wildman–Crippen MR) is 118 cm³/mol. The molecule has 0 bridgehead atoms. The van der Waals surface area contributed by atoms with Crippen molar-refractivity contribution in [3.8, 4) is 0 Å². The molecule has 0 N–H and O–H groups in total. The standard InChI is InChI=1S/C23H29FN4O2S/c1-2-21-25-20(16-31-21)15-26-11-13-28(14-12-26)23(30)18-7-9-27(10-8-18)22(29)17-3-5-19(24)6-4-17/h3-6,16,18H,2,7-15H2,1H3. The molecule has 0 unspecified atom stereocenters. The van der Waals surface area contributed by atoms with Gasteiger partial charge >= 0.3 is 0 Å². The van der Waals surface area contributed by atoms with Gasteiger partial charge < -0.3 is 9.80 Å². The van der Waals surface area contributed by atoms with E-state index in [2.05, 4.69) is 22.2 Å². The van der Waals surface area contributed by atoms with E-state index in [1.165, 1.54) is 29.3 Å². The first kappa shape index (κ1) is 21.9. The number of rotatable bonds is 5. The summed E-state index contributed by atoms with van der Waals surface area (Å²) in [5.74, 6) is -0.240. The number of halogens is 1. The van der Waals surface area contributed by atoms with Crippen molar-refractivity contribution < 1.29 is 14.0 Å². The Morgan fingerprint density at radius 1 is 1.03 bits per heavy atom. The number of hydrogen-bond acceptors (Lipinski definition) is 5. The normalized spacial score (nSPS) is 18.4. The van der Waals surface area contributed by atoms with Crippen LogP contribution in [0.25, 0.3) is 0 Å². The Morgan fingerprint density at radius 2 is 1.71 bits per heavy atom. The smallest absolute Gasteiger partial charge is 0.253 e. The lowest BCUT2D eigenvalue weighted by Crippen LogP contribution is -2.51. The molecule has 166 valence electrons. The van der Waals surface area contributed by atoms with Gasteiger partial charge in [-0.15, -0.1) is 11.3 Å². The highest BCUT2D eigenvalue weighted by molar-refractivity contribution is 7.09. The van der Waals surface area contributed by atoms with Crippen LogP contribution in [-0.2, 0) is 17.8 Å². The molecule has 31 heavy (non-hydrogen) atoms. The average molecular weight is 445 g/mol. The molecule has 0 radical (unpaired) electrons. The van der Waals surface area contributed by atoms with Gasteiger partial charge in [-0.3, -0.25) is 14.5 Å². The first-order chi connectivity index (χ1) is 15.0. The maximum Gasteiger partial charge on any atom is 0.253 e. The number of amides is 2. The molecular weight excluding hydrogens is 415 g/mol. The van der Waals surface area contributed by atoms with Gasteiger partial charge in [-0.2, -0.15) is 0 Å². The molecule has 0 aliphatic carbocycles. The molecule has 0 atom stereocenters. The van der Waals surface area contributed by atoms with Gasteiger partial charge in [-0.1, -0.05) is 6.92 Å². The molecule has 2 amide bonds. The Hall–Kier alpha value is -2.32. The molecule has 2 aliphatic rings. The van der Waals surface area contributed by atoms with Crippen LogP contribution < -0.4 is 0 Å². The molecule has 8 heteroatoms. The number of carbonyl (C=O) groups excluding carboxylic acids is 2. The van der Waals surface area contributed by atoms with E-state index in [9.17, 15) is 14.0 Å². The first-order valence-electron chi connectivity index (χ1n) is 11.0. The molecule has 1 aromatic carbocycles.